The van der Waals surface area contributed by atoms with E-state index in [4.69, 9.17) is 5.11 Å². The molecule has 0 aliphatic carbocycles. The minimum Gasteiger partial charge on any atom is -0.475 e. The van der Waals surface area contributed by atoms with Crippen LogP contribution in [0, 0.1) is 0 Å². The van der Waals surface area contributed by atoms with Gasteiger partial charge in [0.2, 0.25) is 5.76 Å². The first-order valence-electron chi connectivity index (χ1n) is 5.23. The van der Waals surface area contributed by atoms with E-state index < -0.39 is 5.97 Å². The molecule has 1 aliphatic heterocycles. The monoisotopic (exact) mass is 236 g/mol. The first-order valence-corrected chi connectivity index (χ1v) is 5.23. The highest BCUT2D eigenvalue weighted by Crippen LogP contribution is 2.13. The Morgan fingerprint density at radius 3 is 2.88 bits per heavy atom. The third-order valence-corrected chi connectivity index (χ3v) is 2.56. The summed E-state index contributed by atoms with van der Waals surface area (Å²) in [5, 5.41) is 12.1. The Morgan fingerprint density at radius 1 is 1.53 bits per heavy atom. The van der Waals surface area contributed by atoms with Gasteiger partial charge in [-0.1, -0.05) is 16.8 Å². The summed E-state index contributed by atoms with van der Waals surface area (Å²) in [4.78, 5) is 24.2. The molecule has 1 aliphatic rings. The highest BCUT2D eigenvalue weighted by Gasteiger charge is 2.23. The molecule has 1 aromatic rings. The zero-order chi connectivity index (χ0) is 12.4. The fourth-order valence-corrected chi connectivity index (χ4v) is 1.72. The van der Waals surface area contributed by atoms with Crippen LogP contribution in [0.5, 0.6) is 0 Å². The van der Waals surface area contributed by atoms with Crippen molar-refractivity contribution in [2.24, 2.45) is 0 Å². The van der Waals surface area contributed by atoms with E-state index in [-0.39, 0.29) is 17.4 Å². The Bertz CT molecular complexity index is 489. The molecule has 0 aromatic carbocycles. The molecule has 6 heteroatoms. The molecule has 0 saturated heterocycles. The molecule has 1 aromatic heterocycles. The Balaban J connectivity index is 2.14. The van der Waals surface area contributed by atoms with Crippen LogP contribution < -0.4 is 0 Å². The molecule has 17 heavy (non-hydrogen) atoms. The predicted molar refractivity (Wildman–Crippen MR) is 57.7 cm³/mol. The maximum absolute atomic E-state index is 12.0. The highest BCUT2D eigenvalue weighted by atomic mass is 16.5. The first-order chi connectivity index (χ1) is 8.08. The minimum absolute atomic E-state index is 0.0390. The molecular formula is C11H12N2O4. The maximum atomic E-state index is 12.0. The molecule has 2 heterocycles. The number of nitrogens with zero attached hydrogens (tertiary/aromatic N) is 2. The SMILES string of the molecule is CC1=CCCN(C(=O)c2cc(C(=O)O)on2)C1. The van der Waals surface area contributed by atoms with Crippen molar-refractivity contribution in [2.45, 2.75) is 13.3 Å². The molecule has 0 unspecified atom stereocenters. The van der Waals surface area contributed by atoms with Gasteiger partial charge in [0.1, 0.15) is 0 Å². The molecule has 6 nitrogen and oxygen atoms in total. The lowest BCUT2D eigenvalue weighted by Crippen LogP contribution is -2.35. The van der Waals surface area contributed by atoms with E-state index >= 15 is 0 Å². The fraction of sp³-hybridized carbons (Fsp3) is 0.364. The Morgan fingerprint density at radius 2 is 2.29 bits per heavy atom. The summed E-state index contributed by atoms with van der Waals surface area (Å²) >= 11 is 0. The van der Waals surface area contributed by atoms with Crippen molar-refractivity contribution in [1.29, 1.82) is 0 Å². The molecule has 2 rings (SSSR count). The molecule has 0 radical (unpaired) electrons. The summed E-state index contributed by atoms with van der Waals surface area (Å²) < 4.78 is 4.55. The number of rotatable bonds is 2. The molecule has 0 fully saturated rings. The standard InChI is InChI=1S/C11H12N2O4/c1-7-3-2-4-13(6-7)10(14)8-5-9(11(15)16)17-12-8/h3,5H,2,4,6H2,1H3,(H,15,16). The van der Waals surface area contributed by atoms with Crippen LogP contribution in [0.2, 0.25) is 0 Å². The lowest BCUT2D eigenvalue weighted by atomic mass is 10.1. The number of hydrogen-bond acceptors (Lipinski definition) is 4. The van der Waals surface area contributed by atoms with Gasteiger partial charge in [0.05, 0.1) is 0 Å². The molecule has 90 valence electrons. The van der Waals surface area contributed by atoms with E-state index in [0.29, 0.717) is 13.1 Å². The largest absolute Gasteiger partial charge is 0.475 e. The summed E-state index contributed by atoms with van der Waals surface area (Å²) in [6.07, 6.45) is 2.89. The third-order valence-electron chi connectivity index (χ3n) is 2.56. The van der Waals surface area contributed by atoms with Gasteiger partial charge in [-0.3, -0.25) is 4.79 Å². The van der Waals surface area contributed by atoms with Crippen LogP contribution in [0.25, 0.3) is 0 Å². The maximum Gasteiger partial charge on any atom is 0.374 e. The van der Waals surface area contributed by atoms with Crippen LogP contribution in [0.3, 0.4) is 0 Å². The number of aromatic carboxylic acids is 1. The summed E-state index contributed by atoms with van der Waals surface area (Å²) in [6.45, 7) is 3.12. The van der Waals surface area contributed by atoms with Crippen molar-refractivity contribution in [2.75, 3.05) is 13.1 Å². The van der Waals surface area contributed by atoms with Crippen molar-refractivity contribution >= 4 is 11.9 Å². The average Bonchev–Trinajstić information content (AvgIpc) is 2.77. The Labute approximate surface area is 97.5 Å². The summed E-state index contributed by atoms with van der Waals surface area (Å²) in [5.41, 5.74) is 1.16. The Hall–Kier alpha value is -2.11. The second-order valence-corrected chi connectivity index (χ2v) is 3.95. The lowest BCUT2D eigenvalue weighted by molar-refractivity contribution is 0.0649. The number of amides is 1. The van der Waals surface area contributed by atoms with Crippen LogP contribution in [-0.2, 0) is 0 Å². The van der Waals surface area contributed by atoms with E-state index in [1.165, 1.54) is 0 Å². The number of carboxylic acids is 1. The summed E-state index contributed by atoms with van der Waals surface area (Å²) in [5.74, 6) is -1.85. The topological polar surface area (TPSA) is 83.6 Å². The third kappa shape index (κ3) is 2.35. The zero-order valence-electron chi connectivity index (χ0n) is 9.34. The molecular weight excluding hydrogens is 224 g/mol. The average molecular weight is 236 g/mol. The summed E-state index contributed by atoms with van der Waals surface area (Å²) in [6, 6.07) is 1.15. The number of carboxylic acid groups (broad SMARTS) is 1. The quantitative estimate of drug-likeness (QED) is 0.779. The molecule has 0 atom stereocenters. The molecule has 0 bridgehead atoms. The van der Waals surface area contributed by atoms with Gasteiger partial charge in [0, 0.05) is 19.2 Å². The predicted octanol–water partition coefficient (Wildman–Crippen LogP) is 1.17. The van der Waals surface area contributed by atoms with Gasteiger partial charge in [0.25, 0.3) is 5.91 Å². The van der Waals surface area contributed by atoms with Crippen molar-refractivity contribution in [3.05, 3.63) is 29.2 Å². The van der Waals surface area contributed by atoms with E-state index in [0.717, 1.165) is 18.1 Å². The molecule has 0 spiro atoms. The fourth-order valence-electron chi connectivity index (χ4n) is 1.72. The van der Waals surface area contributed by atoms with Gasteiger partial charge in [-0.05, 0) is 13.3 Å². The van der Waals surface area contributed by atoms with Crippen LogP contribution in [0.1, 0.15) is 34.4 Å². The van der Waals surface area contributed by atoms with Crippen molar-refractivity contribution in [3.63, 3.8) is 0 Å². The molecule has 1 amide bonds. The van der Waals surface area contributed by atoms with Gasteiger partial charge < -0.3 is 14.5 Å². The van der Waals surface area contributed by atoms with Gasteiger partial charge in [0.15, 0.2) is 5.69 Å². The van der Waals surface area contributed by atoms with Gasteiger partial charge in [-0.25, -0.2) is 4.79 Å². The van der Waals surface area contributed by atoms with E-state index in [2.05, 4.69) is 15.8 Å². The van der Waals surface area contributed by atoms with Gasteiger partial charge in [-0.2, -0.15) is 0 Å². The molecule has 0 saturated carbocycles. The number of carbonyl (C=O) groups is 2. The number of carbonyl (C=O) groups excluding carboxylic acids is 1. The van der Waals surface area contributed by atoms with Gasteiger partial charge in [-0.15, -0.1) is 0 Å². The van der Waals surface area contributed by atoms with Crippen molar-refractivity contribution in [1.82, 2.24) is 10.1 Å². The van der Waals surface area contributed by atoms with Crippen LogP contribution in [0.15, 0.2) is 22.2 Å². The second-order valence-electron chi connectivity index (χ2n) is 3.95. The van der Waals surface area contributed by atoms with Crippen molar-refractivity contribution < 1.29 is 19.2 Å². The van der Waals surface area contributed by atoms with Crippen LogP contribution in [-0.4, -0.2) is 40.1 Å². The normalized spacial score (nSPS) is 15.6. The second kappa shape index (κ2) is 4.40. The smallest absolute Gasteiger partial charge is 0.374 e. The number of aromatic nitrogens is 1. The summed E-state index contributed by atoms with van der Waals surface area (Å²) in [7, 11) is 0. The van der Waals surface area contributed by atoms with E-state index in [1.54, 1.807) is 4.90 Å². The van der Waals surface area contributed by atoms with Crippen LogP contribution in [0.4, 0.5) is 0 Å². The highest BCUT2D eigenvalue weighted by molar-refractivity contribution is 5.95. The van der Waals surface area contributed by atoms with Gasteiger partial charge >= 0.3 is 5.97 Å². The lowest BCUT2D eigenvalue weighted by Gasteiger charge is -2.25. The minimum atomic E-state index is -1.23. The van der Waals surface area contributed by atoms with Crippen molar-refractivity contribution in [3.8, 4) is 0 Å². The Kier molecular flexibility index (Phi) is 2.95. The number of hydrogen-bond donors (Lipinski definition) is 1. The van der Waals surface area contributed by atoms with E-state index in [1.807, 2.05) is 6.92 Å². The van der Waals surface area contributed by atoms with Crippen LogP contribution >= 0.6 is 0 Å². The first kappa shape index (κ1) is 11.4. The van der Waals surface area contributed by atoms with E-state index in [9.17, 15) is 9.59 Å². The zero-order valence-corrected chi connectivity index (χ0v) is 9.34. The molecule has 1 N–H and O–H groups in total.